The van der Waals surface area contributed by atoms with E-state index < -0.39 is 30.4 Å². The minimum absolute atomic E-state index is 0.00679. The van der Waals surface area contributed by atoms with Crippen molar-refractivity contribution in [2.24, 2.45) is 0 Å². The number of hydrogen-bond donors (Lipinski definition) is 1. The average Bonchev–Trinajstić information content (AvgIpc) is 3.26. The number of carbonyl (C=O) groups is 4. The third kappa shape index (κ3) is 3.82. The van der Waals surface area contributed by atoms with Crippen molar-refractivity contribution < 1.29 is 28.8 Å². The van der Waals surface area contributed by atoms with Crippen LogP contribution < -0.4 is 5.32 Å². The molecule has 3 amide bonds. The zero-order valence-electron chi connectivity index (χ0n) is 15.5. The first kappa shape index (κ1) is 18.7. The Balaban J connectivity index is 1.29. The molecule has 1 fully saturated rings. The molecule has 1 aliphatic carbocycles. The van der Waals surface area contributed by atoms with Gasteiger partial charge < -0.3 is 14.9 Å². The van der Waals surface area contributed by atoms with Crippen LogP contribution in [0.2, 0.25) is 0 Å². The molecule has 0 atom stereocenters. The van der Waals surface area contributed by atoms with E-state index in [-0.39, 0.29) is 19.4 Å². The summed E-state index contributed by atoms with van der Waals surface area (Å²) in [4.78, 5) is 51.1. The Morgan fingerprint density at radius 2 is 1.69 bits per heavy atom. The topological polar surface area (TPSA) is 102 Å². The molecule has 1 saturated heterocycles. The molecule has 8 heteroatoms. The second-order valence-electron chi connectivity index (χ2n) is 6.75. The van der Waals surface area contributed by atoms with E-state index in [4.69, 9.17) is 4.74 Å². The van der Waals surface area contributed by atoms with Crippen molar-refractivity contribution in [3.05, 3.63) is 59.2 Å². The highest BCUT2D eigenvalue weighted by molar-refractivity contribution is 6.01. The largest absolute Gasteiger partial charge is 0.445 e. The number of benzene rings is 2. The Morgan fingerprint density at radius 3 is 2.48 bits per heavy atom. The highest BCUT2D eigenvalue weighted by atomic mass is 16.7. The molecule has 8 nitrogen and oxygen atoms in total. The predicted octanol–water partition coefficient (Wildman–Crippen LogP) is 2.09. The minimum Gasteiger partial charge on any atom is -0.445 e. The molecule has 0 bridgehead atoms. The number of hydrogen-bond acceptors (Lipinski definition) is 6. The molecule has 29 heavy (non-hydrogen) atoms. The van der Waals surface area contributed by atoms with Crippen molar-refractivity contribution in [1.82, 2.24) is 10.4 Å². The van der Waals surface area contributed by atoms with E-state index in [0.29, 0.717) is 5.06 Å². The van der Waals surface area contributed by atoms with Crippen LogP contribution >= 0.6 is 0 Å². The highest BCUT2D eigenvalue weighted by Crippen LogP contribution is 2.38. The van der Waals surface area contributed by atoms with Gasteiger partial charge in [-0.05, 0) is 34.2 Å². The summed E-state index contributed by atoms with van der Waals surface area (Å²) in [5.41, 5.74) is 5.55. The van der Waals surface area contributed by atoms with Gasteiger partial charge >= 0.3 is 12.1 Å². The van der Waals surface area contributed by atoms with Crippen molar-refractivity contribution in [3.8, 4) is 11.1 Å². The second kappa shape index (κ2) is 7.75. The lowest BCUT2D eigenvalue weighted by Gasteiger charge is -2.13. The minimum atomic E-state index is -0.929. The second-order valence-corrected chi connectivity index (χ2v) is 6.75. The van der Waals surface area contributed by atoms with Crippen LogP contribution in [-0.2, 0) is 37.0 Å². The number of fused-ring (bicyclic) bond motifs is 3. The SMILES string of the molecule is O=C(CNC(=O)OCc1cccc2c1Cc1ccccc1-2)ON1C(=O)CCC1=O. The number of rotatable bonds is 5. The zero-order chi connectivity index (χ0) is 20.4. The van der Waals surface area contributed by atoms with Crippen LogP contribution in [0.3, 0.4) is 0 Å². The monoisotopic (exact) mass is 394 g/mol. The first-order chi connectivity index (χ1) is 14.0. The van der Waals surface area contributed by atoms with Gasteiger partial charge in [-0.2, -0.15) is 0 Å². The van der Waals surface area contributed by atoms with Gasteiger partial charge in [0.25, 0.3) is 11.8 Å². The molecule has 0 aromatic heterocycles. The summed E-state index contributed by atoms with van der Waals surface area (Å²) in [6.07, 6.45) is -0.00882. The molecule has 0 saturated carbocycles. The Hall–Kier alpha value is -3.68. The van der Waals surface area contributed by atoms with Crippen molar-refractivity contribution in [1.29, 1.82) is 0 Å². The van der Waals surface area contributed by atoms with Gasteiger partial charge in [0.15, 0.2) is 0 Å². The van der Waals surface area contributed by atoms with Crippen LogP contribution in [0.15, 0.2) is 42.5 Å². The molecule has 0 unspecified atom stereocenters. The van der Waals surface area contributed by atoms with Crippen LogP contribution in [0.5, 0.6) is 0 Å². The summed E-state index contributed by atoms with van der Waals surface area (Å²) >= 11 is 0. The molecule has 1 N–H and O–H groups in total. The van der Waals surface area contributed by atoms with Gasteiger partial charge in [-0.15, -0.1) is 5.06 Å². The van der Waals surface area contributed by atoms with E-state index in [1.165, 1.54) is 11.1 Å². The van der Waals surface area contributed by atoms with E-state index in [1.807, 2.05) is 30.3 Å². The fourth-order valence-corrected chi connectivity index (χ4v) is 3.49. The van der Waals surface area contributed by atoms with E-state index in [1.54, 1.807) is 0 Å². The van der Waals surface area contributed by atoms with Crippen LogP contribution in [0.25, 0.3) is 11.1 Å². The summed E-state index contributed by atoms with van der Waals surface area (Å²) < 4.78 is 5.21. The number of nitrogens with zero attached hydrogens (tertiary/aromatic N) is 1. The van der Waals surface area contributed by atoms with Gasteiger partial charge in [0, 0.05) is 12.8 Å². The lowest BCUT2D eigenvalue weighted by Crippen LogP contribution is -2.37. The molecule has 1 aliphatic heterocycles. The molecule has 148 valence electrons. The molecule has 0 spiro atoms. The quantitative estimate of drug-likeness (QED) is 0.665. The number of hydroxylamine groups is 2. The van der Waals surface area contributed by atoms with Crippen LogP contribution in [-0.4, -0.2) is 35.5 Å². The summed E-state index contributed by atoms with van der Waals surface area (Å²) in [6.45, 7) is -0.463. The average molecular weight is 394 g/mol. The maximum atomic E-state index is 11.9. The van der Waals surface area contributed by atoms with E-state index in [2.05, 4.69) is 22.3 Å². The van der Waals surface area contributed by atoms with Crippen molar-refractivity contribution >= 4 is 23.9 Å². The van der Waals surface area contributed by atoms with Gasteiger partial charge in [0.1, 0.15) is 13.2 Å². The Morgan fingerprint density at radius 1 is 0.966 bits per heavy atom. The third-order valence-corrected chi connectivity index (χ3v) is 4.88. The van der Waals surface area contributed by atoms with Gasteiger partial charge in [0.05, 0.1) is 0 Å². The van der Waals surface area contributed by atoms with Crippen LogP contribution in [0.1, 0.15) is 29.5 Å². The molecule has 2 aromatic rings. The van der Waals surface area contributed by atoms with E-state index >= 15 is 0 Å². The fraction of sp³-hybridized carbons (Fsp3) is 0.238. The third-order valence-electron chi connectivity index (χ3n) is 4.88. The number of alkyl carbamates (subject to hydrolysis) is 1. The molecule has 0 radical (unpaired) electrons. The van der Waals surface area contributed by atoms with Gasteiger partial charge in [-0.25, -0.2) is 9.59 Å². The molecular formula is C21H18N2O6. The van der Waals surface area contributed by atoms with Gasteiger partial charge in [-0.3, -0.25) is 9.59 Å². The van der Waals surface area contributed by atoms with E-state index in [9.17, 15) is 19.2 Å². The van der Waals surface area contributed by atoms with Crippen molar-refractivity contribution in [2.45, 2.75) is 25.9 Å². The molecular weight excluding hydrogens is 376 g/mol. The lowest BCUT2D eigenvalue weighted by atomic mass is 10.0. The number of nitrogens with one attached hydrogen (secondary N) is 1. The van der Waals surface area contributed by atoms with E-state index in [0.717, 1.165) is 23.1 Å². The Kier molecular flexibility index (Phi) is 4.99. The fourth-order valence-electron chi connectivity index (χ4n) is 3.49. The molecule has 1 heterocycles. The van der Waals surface area contributed by atoms with Crippen LogP contribution in [0.4, 0.5) is 4.79 Å². The number of carbonyl (C=O) groups excluding carboxylic acids is 4. The Bertz CT molecular complexity index is 1000. The lowest BCUT2D eigenvalue weighted by molar-refractivity contribution is -0.196. The normalized spacial score (nSPS) is 14.4. The summed E-state index contributed by atoms with van der Waals surface area (Å²) in [6, 6.07) is 14.0. The molecule has 2 aliphatic rings. The number of imide groups is 1. The standard InChI is InChI=1S/C21H18N2O6/c24-18-8-9-19(25)23(18)29-20(26)11-22-21(27)28-12-14-5-3-7-16-15-6-2-1-4-13(15)10-17(14)16/h1-7H,8-12H2,(H,22,27). The van der Waals surface area contributed by atoms with Crippen molar-refractivity contribution in [3.63, 3.8) is 0 Å². The highest BCUT2D eigenvalue weighted by Gasteiger charge is 2.32. The maximum absolute atomic E-state index is 11.9. The van der Waals surface area contributed by atoms with Crippen molar-refractivity contribution in [2.75, 3.05) is 6.54 Å². The summed E-state index contributed by atoms with van der Waals surface area (Å²) in [5.74, 6) is -2.09. The smallest absolute Gasteiger partial charge is 0.407 e. The first-order valence-electron chi connectivity index (χ1n) is 9.19. The summed E-state index contributed by atoms with van der Waals surface area (Å²) in [7, 11) is 0. The molecule has 2 aromatic carbocycles. The summed E-state index contributed by atoms with van der Waals surface area (Å²) in [5, 5.41) is 2.69. The predicted molar refractivity (Wildman–Crippen MR) is 100 cm³/mol. The maximum Gasteiger partial charge on any atom is 0.407 e. The Labute approximate surface area is 166 Å². The van der Waals surface area contributed by atoms with Gasteiger partial charge in [0.2, 0.25) is 0 Å². The first-order valence-corrected chi connectivity index (χ1v) is 9.19. The number of ether oxygens (including phenoxy) is 1. The molecule has 4 rings (SSSR count). The number of amides is 3. The van der Waals surface area contributed by atoms with Gasteiger partial charge in [-0.1, -0.05) is 42.5 Å². The zero-order valence-corrected chi connectivity index (χ0v) is 15.5. The van der Waals surface area contributed by atoms with Crippen LogP contribution in [0, 0.1) is 0 Å².